The molecule has 0 bridgehead atoms. The monoisotopic (exact) mass is 353 g/mol. The topological polar surface area (TPSA) is 58.4 Å². The molecule has 0 spiro atoms. The van der Waals surface area contributed by atoms with Crippen LogP contribution in [0.2, 0.25) is 5.02 Å². The Hall–Kier alpha value is -2.79. The molecule has 1 aliphatic rings. The minimum absolute atomic E-state index is 0.326. The molecule has 0 fully saturated rings. The van der Waals surface area contributed by atoms with E-state index in [0.29, 0.717) is 24.7 Å². The van der Waals surface area contributed by atoms with Gasteiger partial charge in [-0.25, -0.2) is 4.79 Å². The smallest absolute Gasteiger partial charge is 0.407 e. The average molecular weight is 354 g/mol. The van der Waals surface area contributed by atoms with E-state index in [2.05, 4.69) is 12.1 Å². The quantitative estimate of drug-likeness (QED) is 0.766. The second-order valence-electron chi connectivity index (χ2n) is 6.06. The van der Waals surface area contributed by atoms with Crippen molar-refractivity contribution in [1.29, 1.82) is 0 Å². The molecule has 0 unspecified atom stereocenters. The van der Waals surface area contributed by atoms with Crippen LogP contribution in [0.15, 0.2) is 54.6 Å². The third-order valence-corrected chi connectivity index (χ3v) is 4.64. The number of rotatable bonds is 3. The number of hydrogen-bond acceptors (Lipinski definition) is 2. The van der Waals surface area contributed by atoms with E-state index in [9.17, 15) is 9.90 Å². The Morgan fingerprint density at radius 1 is 1.08 bits per heavy atom. The molecule has 0 aliphatic carbocycles. The number of aromatic nitrogens is 2. The number of carboxylic acid groups (broad SMARTS) is 1. The van der Waals surface area contributed by atoms with Gasteiger partial charge in [0, 0.05) is 16.1 Å². The maximum absolute atomic E-state index is 11.3. The van der Waals surface area contributed by atoms with Gasteiger partial charge in [0.15, 0.2) is 0 Å². The molecule has 2 heterocycles. The predicted octanol–water partition coefficient (Wildman–Crippen LogP) is 4.25. The van der Waals surface area contributed by atoms with Gasteiger partial charge in [-0.3, -0.25) is 9.58 Å². The zero-order valence-electron chi connectivity index (χ0n) is 13.4. The standard InChI is InChI=1S/C19H16ClN3O2/c20-15-8-6-14(7-9-15)18-16-11-22(19(24)25)12-17(16)21-23(18)10-13-4-2-1-3-5-13/h1-9H,10-12H2,(H,24,25). The highest BCUT2D eigenvalue weighted by Crippen LogP contribution is 2.33. The number of benzene rings is 2. The lowest BCUT2D eigenvalue weighted by Gasteiger charge is -2.14. The highest BCUT2D eigenvalue weighted by Gasteiger charge is 2.30. The lowest BCUT2D eigenvalue weighted by molar-refractivity contribution is 0.144. The largest absolute Gasteiger partial charge is 0.465 e. The summed E-state index contributed by atoms with van der Waals surface area (Å²) in [6.45, 7) is 1.32. The first kappa shape index (κ1) is 15.7. The van der Waals surface area contributed by atoms with E-state index >= 15 is 0 Å². The molecule has 126 valence electrons. The van der Waals surface area contributed by atoms with Crippen LogP contribution in [0.3, 0.4) is 0 Å². The molecule has 4 rings (SSSR count). The molecule has 0 saturated heterocycles. The van der Waals surface area contributed by atoms with Crippen LogP contribution >= 0.6 is 11.6 Å². The first-order valence-corrected chi connectivity index (χ1v) is 8.36. The second-order valence-corrected chi connectivity index (χ2v) is 6.50. The van der Waals surface area contributed by atoms with Crippen molar-refractivity contribution >= 4 is 17.7 Å². The summed E-state index contributed by atoms with van der Waals surface area (Å²) in [7, 11) is 0. The fourth-order valence-electron chi connectivity index (χ4n) is 3.21. The molecule has 0 radical (unpaired) electrons. The fraction of sp³-hybridized carbons (Fsp3) is 0.158. The summed E-state index contributed by atoms with van der Waals surface area (Å²) >= 11 is 6.02. The SMILES string of the molecule is O=C(O)N1Cc2nn(Cc3ccccc3)c(-c3ccc(Cl)cc3)c2C1. The number of hydrogen-bond donors (Lipinski definition) is 1. The normalized spacial score (nSPS) is 13.1. The average Bonchev–Trinajstić information content (AvgIpc) is 3.14. The minimum atomic E-state index is -0.922. The van der Waals surface area contributed by atoms with Crippen molar-refractivity contribution in [2.24, 2.45) is 0 Å². The lowest BCUT2D eigenvalue weighted by atomic mass is 10.1. The van der Waals surface area contributed by atoms with Gasteiger partial charge in [-0.1, -0.05) is 54.1 Å². The van der Waals surface area contributed by atoms with E-state index < -0.39 is 6.09 Å². The Balaban J connectivity index is 1.78. The van der Waals surface area contributed by atoms with Gasteiger partial charge in [-0.2, -0.15) is 5.10 Å². The summed E-state index contributed by atoms with van der Waals surface area (Å²) < 4.78 is 1.96. The van der Waals surface area contributed by atoms with Crippen LogP contribution in [0.25, 0.3) is 11.3 Å². The minimum Gasteiger partial charge on any atom is -0.465 e. The van der Waals surface area contributed by atoms with Gasteiger partial charge >= 0.3 is 6.09 Å². The molecule has 3 aromatic rings. The number of halogens is 1. The highest BCUT2D eigenvalue weighted by atomic mass is 35.5. The molecule has 6 heteroatoms. The zero-order chi connectivity index (χ0) is 17.4. The van der Waals surface area contributed by atoms with Crippen LogP contribution < -0.4 is 0 Å². The van der Waals surface area contributed by atoms with Crippen LogP contribution in [0.1, 0.15) is 16.8 Å². The van der Waals surface area contributed by atoms with E-state index in [1.165, 1.54) is 4.90 Å². The Labute approximate surface area is 150 Å². The maximum atomic E-state index is 11.3. The summed E-state index contributed by atoms with van der Waals surface area (Å²) in [6, 6.07) is 17.7. The molecule has 0 saturated carbocycles. The third kappa shape index (κ3) is 2.98. The summed E-state index contributed by atoms with van der Waals surface area (Å²) in [6.07, 6.45) is -0.922. The molecule has 1 amide bonds. The van der Waals surface area contributed by atoms with E-state index in [-0.39, 0.29) is 0 Å². The van der Waals surface area contributed by atoms with Crippen molar-refractivity contribution in [3.05, 3.63) is 76.4 Å². The first-order valence-electron chi connectivity index (χ1n) is 7.98. The van der Waals surface area contributed by atoms with Crippen LogP contribution in [0.5, 0.6) is 0 Å². The van der Waals surface area contributed by atoms with Gasteiger partial charge < -0.3 is 5.11 Å². The molecule has 1 N–H and O–H groups in total. The highest BCUT2D eigenvalue weighted by molar-refractivity contribution is 6.30. The van der Waals surface area contributed by atoms with Gasteiger partial charge in [-0.15, -0.1) is 0 Å². The van der Waals surface area contributed by atoms with Gasteiger partial charge in [0.1, 0.15) is 0 Å². The number of fused-ring (bicyclic) bond motifs is 1. The first-order chi connectivity index (χ1) is 12.1. The molecule has 0 atom stereocenters. The van der Waals surface area contributed by atoms with E-state index in [1.54, 1.807) is 0 Å². The van der Waals surface area contributed by atoms with Gasteiger partial charge in [0.05, 0.1) is 31.0 Å². The Morgan fingerprint density at radius 3 is 2.48 bits per heavy atom. The molecule has 1 aliphatic heterocycles. The van der Waals surface area contributed by atoms with Crippen molar-refractivity contribution < 1.29 is 9.90 Å². The lowest BCUT2D eigenvalue weighted by Crippen LogP contribution is -2.24. The number of carbonyl (C=O) groups is 1. The molecule has 5 nitrogen and oxygen atoms in total. The van der Waals surface area contributed by atoms with Crippen molar-refractivity contribution in [3.8, 4) is 11.3 Å². The second kappa shape index (κ2) is 6.26. The Bertz CT molecular complexity index is 920. The van der Waals surface area contributed by atoms with Crippen LogP contribution in [-0.2, 0) is 19.6 Å². The molecular weight excluding hydrogens is 338 g/mol. The Morgan fingerprint density at radius 2 is 1.80 bits per heavy atom. The molecule has 1 aromatic heterocycles. The van der Waals surface area contributed by atoms with Crippen molar-refractivity contribution in [1.82, 2.24) is 14.7 Å². The van der Waals surface area contributed by atoms with Gasteiger partial charge in [0.2, 0.25) is 0 Å². The summed E-state index contributed by atoms with van der Waals surface area (Å²) in [5.41, 5.74) is 4.89. The van der Waals surface area contributed by atoms with E-state index in [4.69, 9.17) is 16.7 Å². The van der Waals surface area contributed by atoms with Crippen molar-refractivity contribution in [2.75, 3.05) is 0 Å². The van der Waals surface area contributed by atoms with E-state index in [0.717, 1.165) is 28.1 Å². The van der Waals surface area contributed by atoms with Crippen LogP contribution in [-0.4, -0.2) is 25.9 Å². The van der Waals surface area contributed by atoms with Crippen LogP contribution in [0, 0.1) is 0 Å². The van der Waals surface area contributed by atoms with Crippen molar-refractivity contribution in [2.45, 2.75) is 19.6 Å². The van der Waals surface area contributed by atoms with Gasteiger partial charge in [0.25, 0.3) is 0 Å². The maximum Gasteiger partial charge on any atom is 0.407 e. The Kier molecular flexibility index (Phi) is 3.93. The summed E-state index contributed by atoms with van der Waals surface area (Å²) in [4.78, 5) is 12.7. The fourth-order valence-corrected chi connectivity index (χ4v) is 3.33. The summed E-state index contributed by atoms with van der Waals surface area (Å²) in [5, 5.41) is 14.6. The van der Waals surface area contributed by atoms with Crippen molar-refractivity contribution in [3.63, 3.8) is 0 Å². The third-order valence-electron chi connectivity index (χ3n) is 4.39. The summed E-state index contributed by atoms with van der Waals surface area (Å²) in [5.74, 6) is 0. The van der Waals surface area contributed by atoms with Gasteiger partial charge in [-0.05, 0) is 17.7 Å². The molecule has 25 heavy (non-hydrogen) atoms. The number of nitrogens with zero attached hydrogens (tertiary/aromatic N) is 3. The van der Waals surface area contributed by atoms with E-state index in [1.807, 2.05) is 47.1 Å². The predicted molar refractivity (Wildman–Crippen MR) is 95.5 cm³/mol. The number of amides is 1. The zero-order valence-corrected chi connectivity index (χ0v) is 14.1. The molecular formula is C19H16ClN3O2. The van der Waals surface area contributed by atoms with Crippen LogP contribution in [0.4, 0.5) is 4.79 Å². The molecule has 2 aromatic carbocycles.